The van der Waals surface area contributed by atoms with Crippen molar-refractivity contribution >= 4 is 23.2 Å². The lowest BCUT2D eigenvalue weighted by atomic mass is 9.68. The summed E-state index contributed by atoms with van der Waals surface area (Å²) >= 11 is 12.2. The normalized spacial score (nSPS) is 21.6. The molecule has 0 aromatic heterocycles. The third-order valence-corrected chi connectivity index (χ3v) is 7.85. The molecule has 3 rings (SSSR count). The Labute approximate surface area is 224 Å². The quantitative estimate of drug-likeness (QED) is 0.301. The van der Waals surface area contributed by atoms with E-state index in [1.807, 2.05) is 0 Å². The molecule has 0 bridgehead atoms. The molecule has 1 aliphatic rings. The van der Waals surface area contributed by atoms with Crippen molar-refractivity contribution in [2.45, 2.75) is 62.5 Å². The van der Waals surface area contributed by atoms with Crippen molar-refractivity contribution in [1.82, 2.24) is 5.32 Å². The predicted molar refractivity (Wildman–Crippen MR) is 127 cm³/mol. The Kier molecular flexibility index (Phi) is 9.17. The number of alkyl halides is 8. The second kappa shape index (κ2) is 11.3. The van der Waals surface area contributed by atoms with E-state index in [1.54, 1.807) is 36.4 Å². The second-order valence-electron chi connectivity index (χ2n) is 9.49. The van der Waals surface area contributed by atoms with Crippen LogP contribution in [0.4, 0.5) is 35.1 Å². The van der Waals surface area contributed by atoms with Crippen molar-refractivity contribution in [3.8, 4) is 11.5 Å². The number of aliphatic hydroxyl groups is 1. The fourth-order valence-corrected chi connectivity index (χ4v) is 5.07. The molecule has 1 saturated carbocycles. The summed E-state index contributed by atoms with van der Waals surface area (Å²) in [7, 11) is 0. The summed E-state index contributed by atoms with van der Waals surface area (Å²) in [4.78, 5) is 0. The van der Waals surface area contributed by atoms with Crippen molar-refractivity contribution in [3.05, 3.63) is 58.1 Å². The van der Waals surface area contributed by atoms with E-state index in [4.69, 9.17) is 27.9 Å². The summed E-state index contributed by atoms with van der Waals surface area (Å²) in [6.45, 7) is 0.596. The molecule has 2 aromatic carbocycles. The van der Waals surface area contributed by atoms with E-state index in [2.05, 4.69) is 5.32 Å². The van der Waals surface area contributed by atoms with Gasteiger partial charge in [-0.05, 0) is 68.4 Å². The number of aliphatic hydroxyl groups excluding tert-OH is 1. The minimum Gasteiger partial charge on any atom is -0.456 e. The van der Waals surface area contributed by atoms with Crippen LogP contribution in [0.15, 0.2) is 42.5 Å². The number of ether oxygens (including phenoxy) is 1. The minimum absolute atomic E-state index is 0.118. The molecule has 2 atom stereocenters. The van der Waals surface area contributed by atoms with Gasteiger partial charge in [-0.2, -0.15) is 35.1 Å². The summed E-state index contributed by atoms with van der Waals surface area (Å²) < 4.78 is 111. The first-order chi connectivity index (χ1) is 17.5. The van der Waals surface area contributed by atoms with Gasteiger partial charge in [-0.3, -0.25) is 0 Å². The van der Waals surface area contributed by atoms with Crippen LogP contribution in [0.1, 0.15) is 38.2 Å². The van der Waals surface area contributed by atoms with E-state index in [-0.39, 0.29) is 34.4 Å². The number of rotatable bonds is 8. The van der Waals surface area contributed by atoms with Crippen LogP contribution in [0.3, 0.4) is 0 Å². The first-order valence-electron chi connectivity index (χ1n) is 11.6. The maximum absolute atomic E-state index is 13.9. The summed E-state index contributed by atoms with van der Waals surface area (Å²) in [5.41, 5.74) is -0.962. The van der Waals surface area contributed by atoms with Gasteiger partial charge in [0.25, 0.3) is 0 Å². The maximum atomic E-state index is 13.9. The van der Waals surface area contributed by atoms with Crippen molar-refractivity contribution < 1.29 is 45.0 Å². The molecule has 0 saturated heterocycles. The number of hydrogen-bond acceptors (Lipinski definition) is 3. The number of benzene rings is 2. The summed E-state index contributed by atoms with van der Waals surface area (Å²) in [5, 5.41) is 12.6. The second-order valence-corrected chi connectivity index (χ2v) is 10.3. The third-order valence-electron chi connectivity index (χ3n) is 7.05. The smallest absolute Gasteiger partial charge is 0.453 e. The Morgan fingerprint density at radius 1 is 0.921 bits per heavy atom. The van der Waals surface area contributed by atoms with E-state index in [0.717, 1.165) is 0 Å². The zero-order valence-corrected chi connectivity index (χ0v) is 21.5. The van der Waals surface area contributed by atoms with Crippen LogP contribution in [-0.2, 0) is 5.54 Å². The monoisotopic (exact) mass is 593 g/mol. The summed E-state index contributed by atoms with van der Waals surface area (Å²) in [6.07, 6.45) is -14.5. The summed E-state index contributed by atoms with van der Waals surface area (Å²) in [6, 6.07) is 10.8. The molecule has 0 spiro atoms. The minimum atomic E-state index is -5.70. The van der Waals surface area contributed by atoms with E-state index >= 15 is 0 Å². The lowest BCUT2D eigenvalue weighted by Gasteiger charge is -2.44. The van der Waals surface area contributed by atoms with Gasteiger partial charge in [0.2, 0.25) is 0 Å². The zero-order chi connectivity index (χ0) is 28.5. The van der Waals surface area contributed by atoms with E-state index in [0.29, 0.717) is 5.56 Å². The molecule has 2 unspecified atom stereocenters. The fraction of sp³-hybridized carbons (Fsp3) is 0.520. The lowest BCUT2D eigenvalue weighted by Crippen LogP contribution is -2.53. The molecule has 0 amide bonds. The molecule has 2 N–H and O–H groups in total. The molecule has 0 heterocycles. The molecule has 212 valence electrons. The Morgan fingerprint density at radius 3 is 2.08 bits per heavy atom. The molecule has 1 fully saturated rings. The molecule has 2 aromatic rings. The molecule has 0 aliphatic heterocycles. The Bertz CT molecular complexity index is 1100. The van der Waals surface area contributed by atoms with E-state index in [9.17, 15) is 40.2 Å². The Hall–Kier alpha value is -1.82. The highest BCUT2D eigenvalue weighted by molar-refractivity contribution is 6.42. The average molecular weight is 594 g/mol. The number of halogens is 10. The standard InChI is InChI=1S/C25H25Cl2F8NO2/c1-22(36-13-20(37)24(30,31)32,14-8-10-15(11-9-14)23(28,29)25(33,34)35)16-4-2-5-17(12-16)38-19-7-3-6-18(26)21(19)27/h2-7,12,14-15,20,36-37H,8-11,13H2,1H3. The van der Waals surface area contributed by atoms with Gasteiger partial charge in [0.05, 0.1) is 5.02 Å². The highest BCUT2D eigenvalue weighted by atomic mass is 35.5. The number of nitrogens with one attached hydrogen (secondary N) is 1. The van der Waals surface area contributed by atoms with Gasteiger partial charge >= 0.3 is 18.3 Å². The number of hydrogen-bond donors (Lipinski definition) is 2. The topological polar surface area (TPSA) is 41.5 Å². The molecule has 3 nitrogen and oxygen atoms in total. The van der Waals surface area contributed by atoms with Crippen LogP contribution in [0.5, 0.6) is 11.5 Å². The van der Waals surface area contributed by atoms with Crippen LogP contribution in [0, 0.1) is 11.8 Å². The summed E-state index contributed by atoms with van der Waals surface area (Å²) in [5.74, 6) is -7.02. The molecule has 13 heteroatoms. The van der Waals surface area contributed by atoms with Gasteiger partial charge in [0, 0.05) is 18.0 Å². The van der Waals surface area contributed by atoms with Crippen LogP contribution in [-0.4, -0.2) is 36.0 Å². The Morgan fingerprint density at radius 2 is 1.50 bits per heavy atom. The van der Waals surface area contributed by atoms with Crippen LogP contribution < -0.4 is 10.1 Å². The van der Waals surface area contributed by atoms with E-state index in [1.165, 1.54) is 13.0 Å². The average Bonchev–Trinajstić information content (AvgIpc) is 2.84. The first kappa shape index (κ1) is 30.7. The predicted octanol–water partition coefficient (Wildman–Crippen LogP) is 8.52. The molecule has 0 radical (unpaired) electrons. The maximum Gasteiger partial charge on any atom is 0.453 e. The Balaban J connectivity index is 1.90. The van der Waals surface area contributed by atoms with Crippen LogP contribution >= 0.6 is 23.2 Å². The first-order valence-corrected chi connectivity index (χ1v) is 12.4. The van der Waals surface area contributed by atoms with Crippen LogP contribution in [0.25, 0.3) is 0 Å². The third kappa shape index (κ3) is 6.66. The van der Waals surface area contributed by atoms with Gasteiger partial charge in [-0.25, -0.2) is 0 Å². The van der Waals surface area contributed by atoms with Gasteiger partial charge < -0.3 is 15.2 Å². The zero-order valence-electron chi connectivity index (χ0n) is 19.9. The largest absolute Gasteiger partial charge is 0.456 e. The van der Waals surface area contributed by atoms with Crippen molar-refractivity contribution in [1.29, 1.82) is 0 Å². The molecule has 38 heavy (non-hydrogen) atoms. The van der Waals surface area contributed by atoms with Gasteiger partial charge in [0.1, 0.15) is 16.5 Å². The molecule has 1 aliphatic carbocycles. The highest BCUT2D eigenvalue weighted by Gasteiger charge is 2.62. The highest BCUT2D eigenvalue weighted by Crippen LogP contribution is 2.50. The lowest BCUT2D eigenvalue weighted by molar-refractivity contribution is -0.306. The fourth-order valence-electron chi connectivity index (χ4n) is 4.74. The van der Waals surface area contributed by atoms with Gasteiger partial charge in [-0.1, -0.05) is 41.4 Å². The van der Waals surface area contributed by atoms with Crippen molar-refractivity contribution in [2.75, 3.05) is 6.54 Å². The van der Waals surface area contributed by atoms with E-state index < -0.39 is 61.1 Å². The van der Waals surface area contributed by atoms with Crippen molar-refractivity contribution in [2.24, 2.45) is 11.8 Å². The molecular formula is C25H25Cl2F8NO2. The molecular weight excluding hydrogens is 569 g/mol. The van der Waals surface area contributed by atoms with Gasteiger partial charge in [-0.15, -0.1) is 0 Å². The van der Waals surface area contributed by atoms with Crippen molar-refractivity contribution in [3.63, 3.8) is 0 Å². The van der Waals surface area contributed by atoms with Crippen LogP contribution in [0.2, 0.25) is 10.0 Å². The van der Waals surface area contributed by atoms with Gasteiger partial charge in [0.15, 0.2) is 6.10 Å². The SMILES string of the molecule is CC(NCC(O)C(F)(F)F)(c1cccc(Oc2cccc(Cl)c2Cl)c1)C1CCC(C(F)(F)C(F)(F)F)CC1.